The van der Waals surface area contributed by atoms with E-state index in [9.17, 15) is 17.6 Å². The Morgan fingerprint density at radius 2 is 1.94 bits per heavy atom. The van der Waals surface area contributed by atoms with Crippen molar-refractivity contribution in [1.29, 1.82) is 0 Å². The van der Waals surface area contributed by atoms with Crippen LogP contribution in [0.5, 0.6) is 5.75 Å². The first-order chi connectivity index (χ1) is 7.25. The molecular weight excluding hydrogens is 317 g/mol. The Morgan fingerprint density at radius 1 is 1.38 bits per heavy atom. The molecule has 2 N–H and O–H groups in total. The number of ether oxygens (including phenoxy) is 1. The van der Waals surface area contributed by atoms with Crippen LogP contribution in [0.4, 0.5) is 23.2 Å². The SMILES string of the molecule is Nc1c(OC(F)(F)C(F)F)ccc(Br)c1Cl. The van der Waals surface area contributed by atoms with Crippen LogP contribution in [0.2, 0.25) is 5.02 Å². The molecule has 0 spiro atoms. The number of rotatable bonds is 3. The van der Waals surface area contributed by atoms with Gasteiger partial charge in [-0.2, -0.15) is 17.6 Å². The van der Waals surface area contributed by atoms with Crippen molar-refractivity contribution in [3.05, 3.63) is 21.6 Å². The molecule has 1 rings (SSSR count). The molecule has 0 radical (unpaired) electrons. The average molecular weight is 322 g/mol. The van der Waals surface area contributed by atoms with Gasteiger partial charge in [0.25, 0.3) is 0 Å². The number of nitrogens with two attached hydrogens (primary N) is 1. The molecule has 1 aromatic carbocycles. The Bertz CT molecular complexity index is 402. The first kappa shape index (κ1) is 13.4. The summed E-state index contributed by atoms with van der Waals surface area (Å²) in [5.41, 5.74) is 4.99. The number of hydrogen-bond donors (Lipinski definition) is 1. The molecule has 0 atom stereocenters. The summed E-state index contributed by atoms with van der Waals surface area (Å²) in [5, 5.41) is -0.0810. The zero-order valence-electron chi connectivity index (χ0n) is 7.49. The van der Waals surface area contributed by atoms with E-state index in [2.05, 4.69) is 20.7 Å². The highest BCUT2D eigenvalue weighted by molar-refractivity contribution is 9.10. The first-order valence-corrected chi connectivity index (χ1v) is 5.01. The lowest BCUT2D eigenvalue weighted by atomic mass is 10.3. The minimum atomic E-state index is -4.61. The molecule has 16 heavy (non-hydrogen) atoms. The van der Waals surface area contributed by atoms with Gasteiger partial charge >= 0.3 is 12.5 Å². The Balaban J connectivity index is 3.04. The second-order valence-electron chi connectivity index (χ2n) is 2.74. The van der Waals surface area contributed by atoms with Crippen LogP contribution in [-0.2, 0) is 0 Å². The van der Waals surface area contributed by atoms with Gasteiger partial charge in [-0.3, -0.25) is 0 Å². The molecule has 0 saturated carbocycles. The summed E-state index contributed by atoms with van der Waals surface area (Å²) in [6.07, 6.45) is -8.56. The van der Waals surface area contributed by atoms with Gasteiger partial charge in [-0.1, -0.05) is 11.6 Å². The van der Waals surface area contributed by atoms with Crippen molar-refractivity contribution in [2.75, 3.05) is 5.73 Å². The molecule has 0 aliphatic carbocycles. The maximum absolute atomic E-state index is 12.6. The van der Waals surface area contributed by atoms with Gasteiger partial charge in [-0.15, -0.1) is 0 Å². The fourth-order valence-corrected chi connectivity index (χ4v) is 1.33. The largest absolute Gasteiger partial charge is 0.461 e. The summed E-state index contributed by atoms with van der Waals surface area (Å²) in [6.45, 7) is 0. The Morgan fingerprint density at radius 3 is 2.44 bits per heavy atom. The van der Waals surface area contributed by atoms with Gasteiger partial charge in [0.15, 0.2) is 5.75 Å². The Labute approximate surface area is 101 Å². The van der Waals surface area contributed by atoms with E-state index in [1.165, 1.54) is 6.07 Å². The third kappa shape index (κ3) is 2.70. The summed E-state index contributed by atoms with van der Waals surface area (Å²) < 4.78 is 53.0. The summed E-state index contributed by atoms with van der Waals surface area (Å²) in [5.74, 6) is -0.599. The highest BCUT2D eigenvalue weighted by atomic mass is 79.9. The van der Waals surface area contributed by atoms with Crippen LogP contribution in [0.25, 0.3) is 0 Å². The van der Waals surface area contributed by atoms with Crippen molar-refractivity contribution in [3.63, 3.8) is 0 Å². The molecule has 90 valence electrons. The van der Waals surface area contributed by atoms with Crippen LogP contribution < -0.4 is 10.5 Å². The normalized spacial score (nSPS) is 11.9. The lowest BCUT2D eigenvalue weighted by Crippen LogP contribution is -2.33. The molecule has 0 heterocycles. The standard InChI is InChI=1S/C8H5BrClF4NO/c9-3-1-2-4(6(15)5(3)10)16-8(13,14)7(11)12/h1-2,7H,15H2. The summed E-state index contributed by atoms with van der Waals surface area (Å²) in [4.78, 5) is 0. The minimum Gasteiger partial charge on any atom is -0.426 e. The van der Waals surface area contributed by atoms with E-state index in [0.717, 1.165) is 6.07 Å². The molecule has 0 aromatic heterocycles. The van der Waals surface area contributed by atoms with E-state index in [1.807, 2.05) is 0 Å². The van der Waals surface area contributed by atoms with Crippen LogP contribution in [0.1, 0.15) is 0 Å². The van der Waals surface area contributed by atoms with Crippen molar-refractivity contribution in [3.8, 4) is 5.75 Å². The monoisotopic (exact) mass is 321 g/mol. The number of benzene rings is 1. The van der Waals surface area contributed by atoms with E-state index in [0.29, 0.717) is 4.47 Å². The van der Waals surface area contributed by atoms with Crippen molar-refractivity contribution < 1.29 is 22.3 Å². The molecule has 0 bridgehead atoms. The fraction of sp³-hybridized carbons (Fsp3) is 0.250. The van der Waals surface area contributed by atoms with Crippen LogP contribution in [-0.4, -0.2) is 12.5 Å². The van der Waals surface area contributed by atoms with Crippen molar-refractivity contribution in [2.45, 2.75) is 12.5 Å². The van der Waals surface area contributed by atoms with Crippen molar-refractivity contribution >= 4 is 33.2 Å². The minimum absolute atomic E-state index is 0.0810. The molecule has 0 aliphatic rings. The third-order valence-electron chi connectivity index (χ3n) is 1.59. The van der Waals surface area contributed by atoms with E-state index in [4.69, 9.17) is 17.3 Å². The molecule has 1 aromatic rings. The molecule has 8 heteroatoms. The van der Waals surface area contributed by atoms with Crippen LogP contribution >= 0.6 is 27.5 Å². The second-order valence-corrected chi connectivity index (χ2v) is 3.97. The van der Waals surface area contributed by atoms with Gasteiger partial charge in [0.1, 0.15) is 0 Å². The van der Waals surface area contributed by atoms with Crippen molar-refractivity contribution in [2.24, 2.45) is 0 Å². The van der Waals surface area contributed by atoms with Crippen LogP contribution in [0.3, 0.4) is 0 Å². The lowest BCUT2D eigenvalue weighted by Gasteiger charge is -2.18. The van der Waals surface area contributed by atoms with Gasteiger partial charge in [0.2, 0.25) is 0 Å². The number of alkyl halides is 4. The third-order valence-corrected chi connectivity index (χ3v) is 2.89. The number of hydrogen-bond acceptors (Lipinski definition) is 2. The Kier molecular flexibility index (Phi) is 3.90. The molecular formula is C8H5BrClF4NO. The zero-order valence-corrected chi connectivity index (χ0v) is 9.83. The maximum atomic E-state index is 12.6. The van der Waals surface area contributed by atoms with Crippen LogP contribution in [0, 0.1) is 0 Å². The predicted octanol–water partition coefficient (Wildman–Crippen LogP) is 3.92. The van der Waals surface area contributed by atoms with Gasteiger partial charge in [0.05, 0.1) is 10.7 Å². The molecule has 0 fully saturated rings. The van der Waals surface area contributed by atoms with Gasteiger partial charge < -0.3 is 10.5 Å². The predicted molar refractivity (Wildman–Crippen MR) is 55.1 cm³/mol. The highest BCUT2D eigenvalue weighted by Gasteiger charge is 2.44. The zero-order chi connectivity index (χ0) is 12.5. The average Bonchev–Trinajstić information content (AvgIpc) is 2.19. The van der Waals surface area contributed by atoms with E-state index >= 15 is 0 Å². The molecule has 0 amide bonds. The van der Waals surface area contributed by atoms with Gasteiger partial charge in [-0.25, -0.2) is 0 Å². The van der Waals surface area contributed by atoms with E-state index in [-0.39, 0.29) is 10.7 Å². The smallest absolute Gasteiger partial charge is 0.426 e. The quantitative estimate of drug-likeness (QED) is 0.676. The number of nitrogen functional groups attached to an aromatic ring is 1. The fourth-order valence-electron chi connectivity index (χ4n) is 0.829. The van der Waals surface area contributed by atoms with Crippen molar-refractivity contribution in [1.82, 2.24) is 0 Å². The van der Waals surface area contributed by atoms with E-state index < -0.39 is 18.3 Å². The van der Waals surface area contributed by atoms with E-state index in [1.54, 1.807) is 0 Å². The molecule has 0 unspecified atom stereocenters. The molecule has 2 nitrogen and oxygen atoms in total. The van der Waals surface area contributed by atoms with Crippen LogP contribution in [0.15, 0.2) is 16.6 Å². The Hall–Kier alpha value is -0.690. The molecule has 0 aliphatic heterocycles. The second kappa shape index (κ2) is 4.67. The number of halogens is 6. The topological polar surface area (TPSA) is 35.2 Å². The summed E-state index contributed by atoms with van der Waals surface area (Å²) in [6, 6.07) is 2.27. The first-order valence-electron chi connectivity index (χ1n) is 3.84. The maximum Gasteiger partial charge on any atom is 0.461 e. The summed E-state index contributed by atoms with van der Waals surface area (Å²) >= 11 is 8.59. The highest BCUT2D eigenvalue weighted by Crippen LogP contribution is 2.38. The van der Waals surface area contributed by atoms with Gasteiger partial charge in [-0.05, 0) is 28.1 Å². The summed E-state index contributed by atoms with van der Waals surface area (Å²) in [7, 11) is 0. The lowest BCUT2D eigenvalue weighted by molar-refractivity contribution is -0.252. The number of anilines is 1. The van der Waals surface area contributed by atoms with Gasteiger partial charge in [0, 0.05) is 4.47 Å². The molecule has 0 saturated heterocycles.